The van der Waals surface area contributed by atoms with Crippen LogP contribution in [0.3, 0.4) is 0 Å². The summed E-state index contributed by atoms with van der Waals surface area (Å²) < 4.78 is 5.61. The number of aromatic nitrogens is 1. The Morgan fingerprint density at radius 1 is 1.28 bits per heavy atom. The van der Waals surface area contributed by atoms with Crippen molar-refractivity contribution in [2.75, 3.05) is 0 Å². The monoisotopic (exact) mass is 243 g/mol. The van der Waals surface area contributed by atoms with Crippen molar-refractivity contribution in [2.45, 2.75) is 13.5 Å². The van der Waals surface area contributed by atoms with Crippen LogP contribution in [-0.4, -0.2) is 16.1 Å². The van der Waals surface area contributed by atoms with Gasteiger partial charge in [0, 0.05) is 6.20 Å². The van der Waals surface area contributed by atoms with Gasteiger partial charge in [0.25, 0.3) is 0 Å². The molecule has 0 saturated carbocycles. The number of hydrogen-bond donors (Lipinski definition) is 1. The zero-order valence-electron chi connectivity index (χ0n) is 9.96. The van der Waals surface area contributed by atoms with Gasteiger partial charge in [-0.15, -0.1) is 0 Å². The van der Waals surface area contributed by atoms with E-state index in [1.54, 1.807) is 6.07 Å². The molecule has 0 unspecified atom stereocenters. The smallest absolute Gasteiger partial charge is 0.337 e. The van der Waals surface area contributed by atoms with E-state index in [4.69, 9.17) is 9.84 Å². The van der Waals surface area contributed by atoms with E-state index >= 15 is 0 Å². The molecule has 1 aromatic heterocycles. The molecule has 18 heavy (non-hydrogen) atoms. The summed E-state index contributed by atoms with van der Waals surface area (Å²) in [6.07, 6.45) is 1.33. The molecule has 4 heteroatoms. The number of pyridine rings is 1. The second-order valence-corrected chi connectivity index (χ2v) is 3.90. The van der Waals surface area contributed by atoms with Gasteiger partial charge in [-0.3, -0.25) is 4.98 Å². The van der Waals surface area contributed by atoms with E-state index in [1.165, 1.54) is 12.3 Å². The highest BCUT2D eigenvalue weighted by molar-refractivity contribution is 5.87. The first kappa shape index (κ1) is 12.1. The summed E-state index contributed by atoms with van der Waals surface area (Å²) in [5, 5.41) is 8.75. The van der Waals surface area contributed by atoms with Crippen LogP contribution >= 0.6 is 0 Å². The van der Waals surface area contributed by atoms with Crippen LogP contribution in [0.15, 0.2) is 42.6 Å². The molecular weight excluding hydrogens is 230 g/mol. The maximum absolute atomic E-state index is 10.7. The predicted molar refractivity (Wildman–Crippen MR) is 66.7 cm³/mol. The number of carboxylic acids is 1. The zero-order chi connectivity index (χ0) is 13.0. The van der Waals surface area contributed by atoms with Gasteiger partial charge in [-0.2, -0.15) is 0 Å². The number of rotatable bonds is 4. The molecule has 92 valence electrons. The molecule has 0 aliphatic carbocycles. The minimum atomic E-state index is -0.978. The van der Waals surface area contributed by atoms with Crippen LogP contribution in [0.5, 0.6) is 5.75 Å². The first-order valence-electron chi connectivity index (χ1n) is 5.53. The van der Waals surface area contributed by atoms with Gasteiger partial charge in [0.2, 0.25) is 0 Å². The van der Waals surface area contributed by atoms with Crippen molar-refractivity contribution < 1.29 is 14.6 Å². The maximum atomic E-state index is 10.7. The fourth-order valence-electron chi connectivity index (χ4n) is 1.51. The van der Waals surface area contributed by atoms with Gasteiger partial charge in [0.05, 0.1) is 11.3 Å². The Hall–Kier alpha value is -2.36. The molecule has 0 aliphatic heterocycles. The molecule has 0 radical (unpaired) electrons. The number of carboxylic acid groups (broad SMARTS) is 1. The molecule has 1 aromatic carbocycles. The van der Waals surface area contributed by atoms with Crippen LogP contribution in [-0.2, 0) is 6.61 Å². The third-order valence-electron chi connectivity index (χ3n) is 2.54. The summed E-state index contributed by atoms with van der Waals surface area (Å²) in [6, 6.07) is 10.9. The lowest BCUT2D eigenvalue weighted by atomic mass is 10.2. The number of aryl methyl sites for hydroxylation is 1. The van der Waals surface area contributed by atoms with Gasteiger partial charge in [-0.05, 0) is 30.7 Å². The van der Waals surface area contributed by atoms with Crippen LogP contribution in [0.1, 0.15) is 21.6 Å². The van der Waals surface area contributed by atoms with E-state index in [2.05, 4.69) is 4.98 Å². The lowest BCUT2D eigenvalue weighted by Crippen LogP contribution is -2.02. The van der Waals surface area contributed by atoms with Gasteiger partial charge < -0.3 is 9.84 Å². The Balaban J connectivity index is 2.02. The van der Waals surface area contributed by atoms with Crippen LogP contribution in [0.4, 0.5) is 0 Å². The minimum absolute atomic E-state index is 0.176. The van der Waals surface area contributed by atoms with E-state index in [1.807, 2.05) is 31.2 Å². The minimum Gasteiger partial charge on any atom is -0.487 e. The number of carbonyl (C=O) groups is 1. The Morgan fingerprint density at radius 2 is 2.06 bits per heavy atom. The standard InChI is InChI=1S/C14H13NO3/c1-10-4-2-3-5-13(10)18-9-12-7-6-11(8-15-12)14(16)17/h2-8H,9H2,1H3,(H,16,17). The van der Waals surface area contributed by atoms with E-state index in [0.29, 0.717) is 12.3 Å². The summed E-state index contributed by atoms with van der Waals surface area (Å²) in [5.74, 6) is -0.171. The average Bonchev–Trinajstić information content (AvgIpc) is 2.38. The Kier molecular flexibility index (Phi) is 3.57. The Labute approximate surface area is 105 Å². The third-order valence-corrected chi connectivity index (χ3v) is 2.54. The molecule has 4 nitrogen and oxygen atoms in total. The van der Waals surface area contributed by atoms with Crippen LogP contribution in [0.2, 0.25) is 0 Å². The first-order chi connectivity index (χ1) is 8.66. The Bertz CT molecular complexity index is 549. The number of nitrogens with zero attached hydrogens (tertiary/aromatic N) is 1. The first-order valence-corrected chi connectivity index (χ1v) is 5.53. The summed E-state index contributed by atoms with van der Waals surface area (Å²) in [5.41, 5.74) is 1.93. The molecule has 2 aromatic rings. The van der Waals surface area contributed by atoms with Crippen molar-refractivity contribution in [3.63, 3.8) is 0 Å². The van der Waals surface area contributed by atoms with Crippen LogP contribution < -0.4 is 4.74 Å². The number of benzene rings is 1. The number of para-hydroxylation sites is 1. The van der Waals surface area contributed by atoms with Crippen molar-refractivity contribution in [3.05, 3.63) is 59.4 Å². The molecular formula is C14H13NO3. The highest BCUT2D eigenvalue weighted by Crippen LogP contribution is 2.17. The normalized spacial score (nSPS) is 10.1. The molecule has 0 atom stereocenters. The molecule has 0 aliphatic rings. The third kappa shape index (κ3) is 2.85. The highest BCUT2D eigenvalue weighted by Gasteiger charge is 2.04. The number of hydrogen-bond acceptors (Lipinski definition) is 3. The quantitative estimate of drug-likeness (QED) is 0.896. The largest absolute Gasteiger partial charge is 0.487 e. The van der Waals surface area contributed by atoms with Crippen molar-refractivity contribution in [1.29, 1.82) is 0 Å². The summed E-state index contributed by atoms with van der Waals surface area (Å²) >= 11 is 0. The molecule has 0 amide bonds. The molecule has 0 fully saturated rings. The van der Waals surface area contributed by atoms with Crippen molar-refractivity contribution in [3.8, 4) is 5.75 Å². The van der Waals surface area contributed by atoms with Gasteiger partial charge in [-0.1, -0.05) is 18.2 Å². The van der Waals surface area contributed by atoms with Crippen LogP contribution in [0.25, 0.3) is 0 Å². The zero-order valence-corrected chi connectivity index (χ0v) is 9.96. The second kappa shape index (κ2) is 5.31. The second-order valence-electron chi connectivity index (χ2n) is 3.90. The molecule has 0 spiro atoms. The van der Waals surface area contributed by atoms with E-state index in [9.17, 15) is 4.79 Å². The van der Waals surface area contributed by atoms with E-state index < -0.39 is 5.97 Å². The summed E-state index contributed by atoms with van der Waals surface area (Å²) in [6.45, 7) is 2.29. The molecule has 0 saturated heterocycles. The lowest BCUT2D eigenvalue weighted by molar-refractivity contribution is 0.0696. The van der Waals surface area contributed by atoms with Crippen molar-refractivity contribution in [2.24, 2.45) is 0 Å². The highest BCUT2D eigenvalue weighted by atomic mass is 16.5. The average molecular weight is 243 g/mol. The van der Waals surface area contributed by atoms with Gasteiger partial charge in [0.15, 0.2) is 0 Å². The van der Waals surface area contributed by atoms with Gasteiger partial charge in [0.1, 0.15) is 12.4 Å². The molecule has 1 N–H and O–H groups in total. The predicted octanol–water partition coefficient (Wildman–Crippen LogP) is 2.67. The van der Waals surface area contributed by atoms with E-state index in [-0.39, 0.29) is 5.56 Å². The maximum Gasteiger partial charge on any atom is 0.337 e. The fourth-order valence-corrected chi connectivity index (χ4v) is 1.51. The molecule has 0 bridgehead atoms. The van der Waals surface area contributed by atoms with E-state index in [0.717, 1.165) is 11.3 Å². The van der Waals surface area contributed by atoms with Crippen molar-refractivity contribution in [1.82, 2.24) is 4.98 Å². The fraction of sp³-hybridized carbons (Fsp3) is 0.143. The Morgan fingerprint density at radius 3 is 2.67 bits per heavy atom. The number of aromatic carboxylic acids is 1. The SMILES string of the molecule is Cc1ccccc1OCc1ccc(C(=O)O)cn1. The van der Waals surface area contributed by atoms with Gasteiger partial charge >= 0.3 is 5.97 Å². The molecule has 1 heterocycles. The molecule has 2 rings (SSSR count). The summed E-state index contributed by atoms with van der Waals surface area (Å²) in [4.78, 5) is 14.7. The van der Waals surface area contributed by atoms with Crippen molar-refractivity contribution >= 4 is 5.97 Å². The summed E-state index contributed by atoms with van der Waals surface area (Å²) in [7, 11) is 0. The number of ether oxygens (including phenoxy) is 1. The van der Waals surface area contributed by atoms with Gasteiger partial charge in [-0.25, -0.2) is 4.79 Å². The topological polar surface area (TPSA) is 59.4 Å². The lowest BCUT2D eigenvalue weighted by Gasteiger charge is -2.08. The van der Waals surface area contributed by atoms with Crippen LogP contribution in [0, 0.1) is 6.92 Å².